The Bertz CT molecular complexity index is 1030. The van der Waals surface area contributed by atoms with Gasteiger partial charge in [0.2, 0.25) is 10.0 Å². The summed E-state index contributed by atoms with van der Waals surface area (Å²) in [7, 11) is -3.70. The number of rotatable bonds is 7. The molecular weight excluding hydrogens is 455 g/mol. The molecule has 0 amide bonds. The molecule has 170 valence electrons. The van der Waals surface area contributed by atoms with Crippen LogP contribution in [0.4, 0.5) is 5.69 Å². The largest absolute Gasteiger partial charge is 0.492 e. The van der Waals surface area contributed by atoms with Crippen molar-refractivity contribution in [3.8, 4) is 5.75 Å². The fraction of sp³-hybridized carbons (Fsp3) is 0.478. The Balaban J connectivity index is 1.88. The average Bonchev–Trinajstić information content (AvgIpc) is 2.73. The van der Waals surface area contributed by atoms with Crippen LogP contribution in [0.5, 0.6) is 5.75 Å². The molecule has 0 aromatic heterocycles. The molecule has 1 aliphatic rings. The van der Waals surface area contributed by atoms with E-state index < -0.39 is 10.0 Å². The molecule has 1 aliphatic heterocycles. The van der Waals surface area contributed by atoms with Gasteiger partial charge < -0.3 is 9.64 Å². The topological polar surface area (TPSA) is 49.9 Å². The molecule has 31 heavy (non-hydrogen) atoms. The third-order valence-electron chi connectivity index (χ3n) is 5.52. The molecule has 0 spiro atoms. The fourth-order valence-electron chi connectivity index (χ4n) is 3.86. The summed E-state index contributed by atoms with van der Waals surface area (Å²) in [5.41, 5.74) is 2.89. The first-order chi connectivity index (χ1) is 14.6. The van der Waals surface area contributed by atoms with Crippen molar-refractivity contribution in [2.45, 2.75) is 44.9 Å². The number of ether oxygens (including phenoxy) is 1. The molecule has 8 heteroatoms. The van der Waals surface area contributed by atoms with E-state index in [0.717, 1.165) is 23.2 Å². The van der Waals surface area contributed by atoms with Crippen molar-refractivity contribution >= 4 is 38.9 Å². The highest BCUT2D eigenvalue weighted by Crippen LogP contribution is 2.35. The van der Waals surface area contributed by atoms with Crippen LogP contribution in [0.15, 0.2) is 35.2 Å². The molecule has 0 unspecified atom stereocenters. The molecule has 1 saturated heterocycles. The quantitative estimate of drug-likeness (QED) is 0.503. The van der Waals surface area contributed by atoms with Gasteiger partial charge in [-0.2, -0.15) is 4.31 Å². The third-order valence-corrected chi connectivity index (χ3v) is 8.00. The van der Waals surface area contributed by atoms with Crippen molar-refractivity contribution in [1.82, 2.24) is 4.31 Å². The van der Waals surface area contributed by atoms with E-state index in [1.807, 2.05) is 26.0 Å². The Morgan fingerprint density at radius 3 is 2.35 bits per heavy atom. The minimum atomic E-state index is -3.70. The van der Waals surface area contributed by atoms with Crippen LogP contribution in [-0.2, 0) is 10.0 Å². The molecule has 2 aromatic rings. The van der Waals surface area contributed by atoms with Crippen LogP contribution < -0.4 is 9.64 Å². The maximum absolute atomic E-state index is 13.6. The number of benzene rings is 2. The predicted molar refractivity (Wildman–Crippen MR) is 128 cm³/mol. The number of nitrogens with zero attached hydrogens (tertiary/aromatic N) is 2. The van der Waals surface area contributed by atoms with Crippen LogP contribution in [0.2, 0.25) is 10.0 Å². The SMILES string of the molecule is CCCOc1cc(C)c(C(C)C)cc1S(=O)(=O)N1CCN(c2cc(Cl)ccc2Cl)CC1. The lowest BCUT2D eigenvalue weighted by Crippen LogP contribution is -2.48. The van der Waals surface area contributed by atoms with Crippen LogP contribution in [0.1, 0.15) is 44.2 Å². The van der Waals surface area contributed by atoms with Gasteiger partial charge in [-0.05, 0) is 60.7 Å². The Morgan fingerprint density at radius 2 is 1.74 bits per heavy atom. The van der Waals surface area contributed by atoms with E-state index in [1.165, 1.54) is 4.31 Å². The van der Waals surface area contributed by atoms with E-state index in [1.54, 1.807) is 18.2 Å². The minimum Gasteiger partial charge on any atom is -0.492 e. The third kappa shape index (κ3) is 5.30. The smallest absolute Gasteiger partial charge is 0.246 e. The Hall–Kier alpha value is -1.47. The van der Waals surface area contributed by atoms with Crippen LogP contribution >= 0.6 is 23.2 Å². The Morgan fingerprint density at radius 1 is 1.06 bits per heavy atom. The van der Waals surface area contributed by atoms with E-state index >= 15 is 0 Å². The van der Waals surface area contributed by atoms with Crippen molar-refractivity contribution in [1.29, 1.82) is 0 Å². The van der Waals surface area contributed by atoms with Gasteiger partial charge in [-0.25, -0.2) is 8.42 Å². The number of piperazine rings is 1. The normalized spacial score (nSPS) is 15.5. The summed E-state index contributed by atoms with van der Waals surface area (Å²) >= 11 is 12.5. The molecule has 0 radical (unpaired) electrons. The number of hydrogen-bond acceptors (Lipinski definition) is 4. The van der Waals surface area contributed by atoms with Crippen molar-refractivity contribution < 1.29 is 13.2 Å². The first-order valence-corrected chi connectivity index (χ1v) is 12.8. The molecule has 0 atom stereocenters. The summed E-state index contributed by atoms with van der Waals surface area (Å²) < 4.78 is 34.6. The lowest BCUT2D eigenvalue weighted by Gasteiger charge is -2.36. The second kappa shape index (κ2) is 9.99. The minimum absolute atomic E-state index is 0.219. The first kappa shape index (κ1) is 24.2. The summed E-state index contributed by atoms with van der Waals surface area (Å²) in [4.78, 5) is 2.33. The van der Waals surface area contributed by atoms with Crippen LogP contribution in [-0.4, -0.2) is 45.5 Å². The number of hydrogen-bond donors (Lipinski definition) is 0. The molecule has 0 aliphatic carbocycles. The predicted octanol–water partition coefficient (Wildman–Crippen LogP) is 5.72. The van der Waals surface area contributed by atoms with Gasteiger partial charge in [0.15, 0.2) is 0 Å². The van der Waals surface area contributed by atoms with Crippen LogP contribution in [0.25, 0.3) is 0 Å². The van der Waals surface area contributed by atoms with Gasteiger partial charge in [0.05, 0.1) is 17.3 Å². The summed E-state index contributed by atoms with van der Waals surface area (Å²) in [6, 6.07) is 8.98. The Labute approximate surface area is 195 Å². The summed E-state index contributed by atoms with van der Waals surface area (Å²) in [5.74, 6) is 0.653. The molecule has 0 N–H and O–H groups in total. The molecular formula is C23H30Cl2N2O3S. The lowest BCUT2D eigenvalue weighted by molar-refractivity contribution is 0.306. The van der Waals surface area contributed by atoms with Crippen molar-refractivity contribution in [2.24, 2.45) is 0 Å². The zero-order valence-corrected chi connectivity index (χ0v) is 20.8. The summed E-state index contributed by atoms with van der Waals surface area (Å²) in [6.07, 6.45) is 0.809. The maximum Gasteiger partial charge on any atom is 0.246 e. The van der Waals surface area contributed by atoms with Gasteiger partial charge in [0, 0.05) is 31.2 Å². The highest BCUT2D eigenvalue weighted by atomic mass is 35.5. The summed E-state index contributed by atoms with van der Waals surface area (Å²) in [6.45, 7) is 10.4. The molecule has 1 fully saturated rings. The molecule has 3 rings (SSSR count). The van der Waals surface area contributed by atoms with Gasteiger partial charge >= 0.3 is 0 Å². The van der Waals surface area contributed by atoms with E-state index in [-0.39, 0.29) is 10.8 Å². The molecule has 2 aromatic carbocycles. The maximum atomic E-state index is 13.6. The van der Waals surface area contributed by atoms with E-state index in [9.17, 15) is 8.42 Å². The number of anilines is 1. The van der Waals surface area contributed by atoms with E-state index in [2.05, 4.69) is 18.7 Å². The summed E-state index contributed by atoms with van der Waals surface area (Å²) in [5, 5.41) is 1.21. The van der Waals surface area contributed by atoms with E-state index in [4.69, 9.17) is 27.9 Å². The van der Waals surface area contributed by atoms with Gasteiger partial charge in [-0.1, -0.05) is 44.0 Å². The zero-order chi connectivity index (χ0) is 22.8. The highest BCUT2D eigenvalue weighted by Gasteiger charge is 2.32. The van der Waals surface area contributed by atoms with Crippen molar-refractivity contribution in [3.63, 3.8) is 0 Å². The molecule has 0 bridgehead atoms. The highest BCUT2D eigenvalue weighted by molar-refractivity contribution is 7.89. The molecule has 1 heterocycles. The number of sulfonamides is 1. The fourth-order valence-corrected chi connectivity index (χ4v) is 5.84. The monoisotopic (exact) mass is 484 g/mol. The number of aryl methyl sites for hydroxylation is 1. The van der Waals surface area contributed by atoms with Crippen LogP contribution in [0, 0.1) is 6.92 Å². The van der Waals surface area contributed by atoms with Gasteiger partial charge in [-0.15, -0.1) is 0 Å². The van der Waals surface area contributed by atoms with Gasteiger partial charge in [-0.3, -0.25) is 0 Å². The average molecular weight is 485 g/mol. The second-order valence-electron chi connectivity index (χ2n) is 8.15. The van der Waals surface area contributed by atoms with Gasteiger partial charge in [0.25, 0.3) is 0 Å². The first-order valence-electron chi connectivity index (χ1n) is 10.6. The molecule has 0 saturated carbocycles. The molecule has 5 nitrogen and oxygen atoms in total. The van der Waals surface area contributed by atoms with Crippen molar-refractivity contribution in [3.05, 3.63) is 51.5 Å². The van der Waals surface area contributed by atoms with Gasteiger partial charge in [0.1, 0.15) is 10.6 Å². The van der Waals surface area contributed by atoms with Crippen molar-refractivity contribution in [2.75, 3.05) is 37.7 Å². The standard InChI is InChI=1S/C23H30Cl2N2O3S/c1-5-12-30-22-13-17(4)19(16(2)3)15-23(22)31(28,29)27-10-8-26(9-11-27)21-14-18(24)6-7-20(21)25/h6-7,13-16H,5,8-12H2,1-4H3. The second-order valence-corrected chi connectivity index (χ2v) is 10.9. The number of halogens is 2. The van der Waals surface area contributed by atoms with E-state index in [0.29, 0.717) is 48.6 Å². The zero-order valence-electron chi connectivity index (χ0n) is 18.5. The lowest BCUT2D eigenvalue weighted by atomic mass is 9.98. The van der Waals surface area contributed by atoms with Crippen LogP contribution in [0.3, 0.4) is 0 Å². The Kier molecular flexibility index (Phi) is 7.79.